The van der Waals surface area contributed by atoms with Crippen LogP contribution in [0.2, 0.25) is 0 Å². The minimum absolute atomic E-state index is 0.0390. The maximum Gasteiger partial charge on any atom is 0.256 e. The minimum atomic E-state index is -3.71. The summed E-state index contributed by atoms with van der Waals surface area (Å²) in [5.74, 6) is -0.114. The molecule has 3 fully saturated rings. The molecular formula is C23H35N5O5S. The van der Waals surface area contributed by atoms with Gasteiger partial charge >= 0.3 is 0 Å². The molecule has 4 rings (SSSR count). The van der Waals surface area contributed by atoms with Crippen molar-refractivity contribution in [3.05, 3.63) is 23.8 Å². The monoisotopic (exact) mass is 493 g/mol. The summed E-state index contributed by atoms with van der Waals surface area (Å²) in [7, 11) is -0.234. The number of morpholine rings is 1. The van der Waals surface area contributed by atoms with Crippen molar-refractivity contribution in [2.24, 2.45) is 0 Å². The fourth-order valence-corrected chi connectivity index (χ4v) is 6.06. The van der Waals surface area contributed by atoms with Crippen molar-refractivity contribution < 1.29 is 22.7 Å². The van der Waals surface area contributed by atoms with E-state index >= 15 is 0 Å². The van der Waals surface area contributed by atoms with Gasteiger partial charge in [-0.2, -0.15) is 4.31 Å². The molecular weight excluding hydrogens is 458 g/mol. The van der Waals surface area contributed by atoms with Gasteiger partial charge in [0.05, 0.1) is 30.2 Å². The van der Waals surface area contributed by atoms with E-state index < -0.39 is 10.0 Å². The largest absolute Gasteiger partial charge is 0.379 e. The minimum Gasteiger partial charge on any atom is -0.379 e. The highest BCUT2D eigenvalue weighted by molar-refractivity contribution is 7.89. The smallest absolute Gasteiger partial charge is 0.256 e. The first kappa shape index (κ1) is 24.9. The molecule has 1 aromatic rings. The van der Waals surface area contributed by atoms with Gasteiger partial charge in [-0.05, 0) is 31.0 Å². The second-order valence-corrected chi connectivity index (χ2v) is 11.2. The molecule has 2 amide bonds. The van der Waals surface area contributed by atoms with Gasteiger partial charge in [0.1, 0.15) is 0 Å². The van der Waals surface area contributed by atoms with Crippen molar-refractivity contribution in [3.8, 4) is 0 Å². The molecule has 3 heterocycles. The molecule has 1 aromatic carbocycles. The van der Waals surface area contributed by atoms with Crippen molar-refractivity contribution in [1.82, 2.24) is 19.0 Å². The predicted molar refractivity (Wildman–Crippen MR) is 129 cm³/mol. The molecule has 0 radical (unpaired) electrons. The quantitative estimate of drug-likeness (QED) is 0.557. The zero-order valence-electron chi connectivity index (χ0n) is 20.1. The third kappa shape index (κ3) is 5.37. The molecule has 0 N–H and O–H groups in total. The van der Waals surface area contributed by atoms with Gasteiger partial charge in [0.15, 0.2) is 0 Å². The Morgan fingerprint density at radius 2 is 1.59 bits per heavy atom. The second-order valence-electron chi connectivity index (χ2n) is 9.25. The Morgan fingerprint density at radius 1 is 0.941 bits per heavy atom. The zero-order chi connectivity index (χ0) is 24.3. The van der Waals surface area contributed by atoms with Crippen LogP contribution in [0.25, 0.3) is 0 Å². The van der Waals surface area contributed by atoms with Gasteiger partial charge in [-0.15, -0.1) is 0 Å². The summed E-state index contributed by atoms with van der Waals surface area (Å²) in [6.07, 6.45) is 2.11. The van der Waals surface area contributed by atoms with Crippen LogP contribution in [0, 0.1) is 0 Å². The number of rotatable bonds is 6. The number of anilines is 1. The Labute approximate surface area is 202 Å². The first-order valence-electron chi connectivity index (χ1n) is 12.0. The molecule has 0 bridgehead atoms. The number of nitrogens with zero attached hydrogens (tertiary/aromatic N) is 5. The van der Waals surface area contributed by atoms with Gasteiger partial charge in [-0.3, -0.25) is 14.5 Å². The van der Waals surface area contributed by atoms with Crippen LogP contribution < -0.4 is 4.90 Å². The number of piperazine rings is 1. The normalized spacial score (nSPS) is 20.5. The summed E-state index contributed by atoms with van der Waals surface area (Å²) in [6, 6.07) is 4.97. The van der Waals surface area contributed by atoms with Crippen LogP contribution in [0.3, 0.4) is 0 Å². The molecule has 3 aliphatic heterocycles. The average Bonchev–Trinajstić information content (AvgIpc) is 3.39. The first-order chi connectivity index (χ1) is 16.3. The van der Waals surface area contributed by atoms with Gasteiger partial charge in [-0.25, -0.2) is 8.42 Å². The Bertz CT molecular complexity index is 995. The number of carbonyl (C=O) groups is 2. The molecule has 10 nitrogen and oxygen atoms in total. The number of ether oxygens (including phenoxy) is 1. The maximum atomic E-state index is 13.6. The summed E-state index contributed by atoms with van der Waals surface area (Å²) in [5, 5.41) is 0. The molecule has 0 atom stereocenters. The molecule has 188 valence electrons. The number of amides is 2. The number of carbonyl (C=O) groups excluding carboxylic acids is 2. The van der Waals surface area contributed by atoms with Crippen LogP contribution in [0.4, 0.5) is 5.69 Å². The Hall–Kier alpha value is -2.21. The van der Waals surface area contributed by atoms with E-state index in [0.717, 1.165) is 31.6 Å². The molecule has 11 heteroatoms. The van der Waals surface area contributed by atoms with Crippen LogP contribution in [-0.2, 0) is 19.6 Å². The lowest BCUT2D eigenvalue weighted by atomic mass is 10.1. The van der Waals surface area contributed by atoms with E-state index in [-0.39, 0.29) is 16.7 Å². The van der Waals surface area contributed by atoms with Crippen LogP contribution in [-0.4, -0.2) is 125 Å². The van der Waals surface area contributed by atoms with Crippen molar-refractivity contribution in [2.75, 3.05) is 91.1 Å². The van der Waals surface area contributed by atoms with Gasteiger partial charge in [0.2, 0.25) is 15.9 Å². The highest BCUT2D eigenvalue weighted by atomic mass is 32.2. The topological polar surface area (TPSA) is 93.7 Å². The summed E-state index contributed by atoms with van der Waals surface area (Å²) < 4.78 is 33.3. The fourth-order valence-electron chi connectivity index (χ4n) is 4.63. The Morgan fingerprint density at radius 3 is 2.21 bits per heavy atom. The summed E-state index contributed by atoms with van der Waals surface area (Å²) in [6.45, 7) is 5.63. The second kappa shape index (κ2) is 10.6. The van der Waals surface area contributed by atoms with Gasteiger partial charge in [-0.1, -0.05) is 0 Å². The summed E-state index contributed by atoms with van der Waals surface area (Å²) >= 11 is 0. The zero-order valence-corrected chi connectivity index (χ0v) is 20.9. The van der Waals surface area contributed by atoms with Crippen LogP contribution >= 0.6 is 0 Å². The number of hydrogen-bond acceptors (Lipinski definition) is 7. The third-order valence-electron chi connectivity index (χ3n) is 6.77. The van der Waals surface area contributed by atoms with E-state index in [0.29, 0.717) is 64.6 Å². The molecule has 0 saturated carbocycles. The lowest BCUT2D eigenvalue weighted by Gasteiger charge is -2.35. The molecule has 34 heavy (non-hydrogen) atoms. The highest BCUT2D eigenvalue weighted by Crippen LogP contribution is 2.30. The van der Waals surface area contributed by atoms with E-state index in [2.05, 4.69) is 4.90 Å². The number of sulfonamides is 1. The lowest BCUT2D eigenvalue weighted by molar-refractivity contribution is -0.130. The van der Waals surface area contributed by atoms with Crippen molar-refractivity contribution in [3.63, 3.8) is 0 Å². The van der Waals surface area contributed by atoms with Crippen molar-refractivity contribution in [2.45, 2.75) is 17.7 Å². The fraction of sp³-hybridized carbons (Fsp3) is 0.652. The van der Waals surface area contributed by atoms with E-state index in [4.69, 9.17) is 4.74 Å². The summed E-state index contributed by atoms with van der Waals surface area (Å²) in [5.41, 5.74) is 1.24. The lowest BCUT2D eigenvalue weighted by Crippen LogP contribution is -2.51. The van der Waals surface area contributed by atoms with Crippen LogP contribution in [0.1, 0.15) is 23.2 Å². The van der Waals surface area contributed by atoms with E-state index in [9.17, 15) is 18.0 Å². The van der Waals surface area contributed by atoms with Gasteiger partial charge < -0.3 is 19.4 Å². The number of benzene rings is 1. The van der Waals surface area contributed by atoms with Crippen molar-refractivity contribution >= 4 is 27.5 Å². The molecule has 3 saturated heterocycles. The van der Waals surface area contributed by atoms with E-state index in [1.165, 1.54) is 4.31 Å². The molecule has 0 spiro atoms. The predicted octanol–water partition coefficient (Wildman–Crippen LogP) is 0.154. The van der Waals surface area contributed by atoms with Crippen LogP contribution in [0.5, 0.6) is 0 Å². The standard InChI is InChI=1S/C23H35N5O5S/c1-24(2)22(29)18-25-9-11-27(12-10-25)23(30)20-17-19(5-6-21(20)26-7-3-4-8-26)34(31,32)28-13-15-33-16-14-28/h5-6,17H,3-4,7-16,18H2,1-2H3. The highest BCUT2D eigenvalue weighted by Gasteiger charge is 2.31. The van der Waals surface area contributed by atoms with Crippen LogP contribution in [0.15, 0.2) is 23.1 Å². The van der Waals surface area contributed by atoms with E-state index in [1.807, 2.05) is 4.90 Å². The molecule has 0 unspecified atom stereocenters. The third-order valence-corrected chi connectivity index (χ3v) is 8.66. The SMILES string of the molecule is CN(C)C(=O)CN1CCN(C(=O)c2cc(S(=O)(=O)N3CCOCC3)ccc2N2CCCC2)CC1. The Balaban J connectivity index is 1.56. The molecule has 0 aliphatic carbocycles. The molecule has 3 aliphatic rings. The number of hydrogen-bond donors (Lipinski definition) is 0. The van der Waals surface area contributed by atoms with Gasteiger partial charge in [0, 0.05) is 72.1 Å². The summed E-state index contributed by atoms with van der Waals surface area (Å²) in [4.78, 5) is 33.4. The first-order valence-corrected chi connectivity index (χ1v) is 13.4. The molecule has 0 aromatic heterocycles. The average molecular weight is 494 g/mol. The number of likely N-dealkylation sites (N-methyl/N-ethyl adjacent to an activating group) is 1. The van der Waals surface area contributed by atoms with E-state index in [1.54, 1.807) is 42.1 Å². The van der Waals surface area contributed by atoms with Gasteiger partial charge in [0.25, 0.3) is 5.91 Å². The Kier molecular flexibility index (Phi) is 7.76. The maximum absolute atomic E-state index is 13.6. The van der Waals surface area contributed by atoms with Crippen molar-refractivity contribution in [1.29, 1.82) is 0 Å².